The fraction of sp³-hybridized carbons (Fsp3) is 0.308. The van der Waals surface area contributed by atoms with Crippen LogP contribution in [0, 0.1) is 0 Å². The average Bonchev–Trinajstić information content (AvgIpc) is 3.15. The molecule has 1 N–H and O–H groups in total. The number of likely N-dealkylation sites (N-methyl/N-ethyl adjacent to an activating group) is 1. The van der Waals surface area contributed by atoms with Gasteiger partial charge in [-0.3, -0.25) is 9.59 Å². The van der Waals surface area contributed by atoms with Crippen LogP contribution in [-0.4, -0.2) is 39.9 Å². The summed E-state index contributed by atoms with van der Waals surface area (Å²) >= 11 is 0. The van der Waals surface area contributed by atoms with Crippen LogP contribution in [0.15, 0.2) is 35.5 Å². The third kappa shape index (κ3) is 1.97. The second-order valence-corrected chi connectivity index (χ2v) is 4.62. The van der Waals surface area contributed by atoms with E-state index in [0.717, 1.165) is 5.69 Å². The first-order chi connectivity index (χ1) is 9.70. The third-order valence-electron chi connectivity index (χ3n) is 3.43. The Balaban J connectivity index is 1.90. The van der Waals surface area contributed by atoms with Crippen molar-refractivity contribution in [2.45, 2.75) is 12.6 Å². The lowest BCUT2D eigenvalue weighted by Gasteiger charge is -2.33. The normalized spacial score (nSPS) is 17.6. The van der Waals surface area contributed by atoms with E-state index in [1.165, 1.54) is 12.5 Å². The smallest absolute Gasteiger partial charge is 0.257 e. The first-order valence-electron chi connectivity index (χ1n) is 6.24. The zero-order chi connectivity index (χ0) is 14.1. The van der Waals surface area contributed by atoms with Gasteiger partial charge in [-0.05, 0) is 6.07 Å². The Morgan fingerprint density at radius 1 is 1.50 bits per heavy atom. The fourth-order valence-corrected chi connectivity index (χ4v) is 2.39. The van der Waals surface area contributed by atoms with Crippen LogP contribution in [0.4, 0.5) is 0 Å². The number of aromatic nitrogens is 2. The maximum absolute atomic E-state index is 12.4. The Hall–Kier alpha value is -2.57. The summed E-state index contributed by atoms with van der Waals surface area (Å²) in [5.74, 6) is -0.297. The average molecular weight is 274 g/mol. The van der Waals surface area contributed by atoms with Crippen molar-refractivity contribution in [2.75, 3.05) is 13.6 Å². The minimum atomic E-state index is -0.456. The maximum Gasteiger partial charge on any atom is 0.257 e. The molecule has 1 atom stereocenters. The summed E-state index contributed by atoms with van der Waals surface area (Å²) in [5, 5.41) is 2.62. The van der Waals surface area contributed by atoms with Gasteiger partial charge in [0.15, 0.2) is 0 Å². The fourth-order valence-electron chi connectivity index (χ4n) is 2.39. The van der Waals surface area contributed by atoms with E-state index in [0.29, 0.717) is 18.7 Å². The van der Waals surface area contributed by atoms with Gasteiger partial charge in [-0.1, -0.05) is 0 Å². The molecular weight excluding hydrogens is 260 g/mol. The predicted octanol–water partition coefficient (Wildman–Crippen LogP) is 0.419. The number of imidazole rings is 1. The molecule has 0 saturated carbocycles. The molecule has 7 heteroatoms. The van der Waals surface area contributed by atoms with E-state index < -0.39 is 6.04 Å². The molecule has 1 aliphatic rings. The van der Waals surface area contributed by atoms with Gasteiger partial charge < -0.3 is 19.2 Å². The molecule has 2 aromatic rings. The lowest BCUT2D eigenvalue weighted by molar-refractivity contribution is -0.124. The minimum absolute atomic E-state index is 0.144. The number of amides is 2. The van der Waals surface area contributed by atoms with Crippen LogP contribution < -0.4 is 5.32 Å². The van der Waals surface area contributed by atoms with Crippen LogP contribution in [0.3, 0.4) is 0 Å². The highest BCUT2D eigenvalue weighted by atomic mass is 16.3. The van der Waals surface area contributed by atoms with E-state index in [-0.39, 0.29) is 11.8 Å². The molecule has 0 aromatic carbocycles. The second-order valence-electron chi connectivity index (χ2n) is 4.62. The summed E-state index contributed by atoms with van der Waals surface area (Å²) in [6.45, 7) is 0.741. The molecule has 2 amide bonds. The van der Waals surface area contributed by atoms with Crippen LogP contribution in [0.25, 0.3) is 0 Å². The van der Waals surface area contributed by atoms with Crippen molar-refractivity contribution in [3.8, 4) is 0 Å². The minimum Gasteiger partial charge on any atom is -0.472 e. The van der Waals surface area contributed by atoms with Crippen molar-refractivity contribution in [3.05, 3.63) is 42.4 Å². The van der Waals surface area contributed by atoms with Gasteiger partial charge in [-0.25, -0.2) is 4.98 Å². The lowest BCUT2D eigenvalue weighted by atomic mass is 10.1. The first-order valence-corrected chi connectivity index (χ1v) is 6.24. The lowest BCUT2D eigenvalue weighted by Crippen LogP contribution is -2.45. The van der Waals surface area contributed by atoms with Crippen LogP contribution in [0.2, 0.25) is 0 Å². The van der Waals surface area contributed by atoms with Crippen molar-refractivity contribution in [3.63, 3.8) is 0 Å². The Morgan fingerprint density at radius 2 is 2.35 bits per heavy atom. The summed E-state index contributed by atoms with van der Waals surface area (Å²) in [5.41, 5.74) is 1.32. The molecule has 0 radical (unpaired) electrons. The second kappa shape index (κ2) is 4.84. The van der Waals surface area contributed by atoms with E-state index in [1.807, 2.05) is 0 Å². The number of furan rings is 1. The van der Waals surface area contributed by atoms with Gasteiger partial charge in [0.05, 0.1) is 36.9 Å². The van der Waals surface area contributed by atoms with E-state index >= 15 is 0 Å². The SMILES string of the molecule is CNC(=O)[C@H]1CN(C(=O)c2ccoc2)Cc2cncn21. The van der Waals surface area contributed by atoms with Crippen LogP contribution in [-0.2, 0) is 11.3 Å². The first kappa shape index (κ1) is 12.5. The molecular formula is C13H14N4O3. The van der Waals surface area contributed by atoms with E-state index in [9.17, 15) is 9.59 Å². The molecule has 0 aliphatic carbocycles. The number of carbonyl (C=O) groups excluding carboxylic acids is 2. The molecule has 0 spiro atoms. The molecule has 104 valence electrons. The van der Waals surface area contributed by atoms with Gasteiger partial charge in [0.25, 0.3) is 5.91 Å². The predicted molar refractivity (Wildman–Crippen MR) is 68.8 cm³/mol. The van der Waals surface area contributed by atoms with Gasteiger partial charge in [0.1, 0.15) is 12.3 Å². The molecule has 3 heterocycles. The Morgan fingerprint density at radius 3 is 3.05 bits per heavy atom. The van der Waals surface area contributed by atoms with Crippen LogP contribution in [0.5, 0.6) is 0 Å². The molecule has 0 saturated heterocycles. The highest BCUT2D eigenvalue weighted by Crippen LogP contribution is 2.22. The summed E-state index contributed by atoms with van der Waals surface area (Å²) in [6.07, 6.45) is 6.15. The number of hydrogen-bond acceptors (Lipinski definition) is 4. The van der Waals surface area contributed by atoms with E-state index in [4.69, 9.17) is 4.42 Å². The quantitative estimate of drug-likeness (QED) is 0.860. The van der Waals surface area contributed by atoms with Crippen LogP contribution >= 0.6 is 0 Å². The van der Waals surface area contributed by atoms with Gasteiger partial charge in [0, 0.05) is 13.2 Å². The zero-order valence-electron chi connectivity index (χ0n) is 10.9. The Labute approximate surface area is 115 Å². The van der Waals surface area contributed by atoms with Crippen molar-refractivity contribution < 1.29 is 14.0 Å². The molecule has 2 aromatic heterocycles. The van der Waals surface area contributed by atoms with Crippen molar-refractivity contribution in [1.82, 2.24) is 19.8 Å². The van der Waals surface area contributed by atoms with Gasteiger partial charge >= 0.3 is 0 Å². The van der Waals surface area contributed by atoms with Gasteiger partial charge in [0.2, 0.25) is 5.91 Å². The largest absolute Gasteiger partial charge is 0.472 e. The third-order valence-corrected chi connectivity index (χ3v) is 3.43. The number of nitrogens with one attached hydrogen (secondary N) is 1. The number of hydrogen-bond donors (Lipinski definition) is 1. The summed E-state index contributed by atoms with van der Waals surface area (Å²) in [4.78, 5) is 30.0. The standard InChI is InChI=1S/C13H14N4O3/c1-14-12(18)11-6-16(5-10-4-15-8-17(10)11)13(19)9-2-3-20-7-9/h2-4,7-8,11H,5-6H2,1H3,(H,14,18)/t11-/m1/s1. The molecule has 7 nitrogen and oxygen atoms in total. The van der Waals surface area contributed by atoms with Crippen molar-refractivity contribution >= 4 is 11.8 Å². The zero-order valence-corrected chi connectivity index (χ0v) is 10.9. The van der Waals surface area contributed by atoms with Crippen LogP contribution in [0.1, 0.15) is 22.1 Å². The van der Waals surface area contributed by atoms with Gasteiger partial charge in [-0.2, -0.15) is 0 Å². The maximum atomic E-state index is 12.4. The summed E-state index contributed by atoms with van der Waals surface area (Å²) < 4.78 is 6.74. The summed E-state index contributed by atoms with van der Waals surface area (Å²) in [6, 6.07) is 1.16. The van der Waals surface area contributed by atoms with E-state index in [2.05, 4.69) is 10.3 Å². The van der Waals surface area contributed by atoms with Gasteiger partial charge in [-0.15, -0.1) is 0 Å². The van der Waals surface area contributed by atoms with Crippen molar-refractivity contribution in [1.29, 1.82) is 0 Å². The molecule has 20 heavy (non-hydrogen) atoms. The monoisotopic (exact) mass is 274 g/mol. The number of carbonyl (C=O) groups is 2. The number of rotatable bonds is 2. The highest BCUT2D eigenvalue weighted by Gasteiger charge is 2.32. The molecule has 0 fully saturated rings. The highest BCUT2D eigenvalue weighted by molar-refractivity contribution is 5.94. The molecule has 0 bridgehead atoms. The van der Waals surface area contributed by atoms with Crippen molar-refractivity contribution in [2.24, 2.45) is 0 Å². The molecule has 3 rings (SSSR count). The Kier molecular flexibility index (Phi) is 3.02. The summed E-state index contributed by atoms with van der Waals surface area (Å²) in [7, 11) is 1.58. The number of fused-ring (bicyclic) bond motifs is 1. The number of nitrogens with zero attached hydrogens (tertiary/aromatic N) is 3. The Bertz CT molecular complexity index is 632. The molecule has 1 aliphatic heterocycles. The molecule has 0 unspecified atom stereocenters. The topological polar surface area (TPSA) is 80.4 Å². The van der Waals surface area contributed by atoms with E-state index in [1.54, 1.807) is 35.1 Å².